The van der Waals surface area contributed by atoms with Crippen molar-refractivity contribution in [3.05, 3.63) is 109 Å². The highest BCUT2D eigenvalue weighted by molar-refractivity contribution is 6.06. The molecule has 0 radical (unpaired) electrons. The van der Waals surface area contributed by atoms with Gasteiger partial charge in [0.25, 0.3) is 11.8 Å². The van der Waals surface area contributed by atoms with Gasteiger partial charge in [-0.25, -0.2) is 9.37 Å². The van der Waals surface area contributed by atoms with Crippen molar-refractivity contribution in [1.29, 1.82) is 0 Å². The second-order valence-corrected chi connectivity index (χ2v) is 7.19. The van der Waals surface area contributed by atoms with E-state index >= 15 is 0 Å². The first kappa shape index (κ1) is 22.5. The van der Waals surface area contributed by atoms with Gasteiger partial charge >= 0.3 is 0 Å². The summed E-state index contributed by atoms with van der Waals surface area (Å²) in [5.41, 5.74) is 1.69. The van der Waals surface area contributed by atoms with Crippen LogP contribution in [0.3, 0.4) is 0 Å². The Morgan fingerprint density at radius 2 is 1.53 bits per heavy atom. The highest BCUT2D eigenvalue weighted by Crippen LogP contribution is 2.21. The number of aromatic nitrogens is 1. The lowest BCUT2D eigenvalue weighted by atomic mass is 10.2. The summed E-state index contributed by atoms with van der Waals surface area (Å²) in [6.07, 6.45) is 1.54. The smallest absolute Gasteiger partial charge is 0.262 e. The van der Waals surface area contributed by atoms with Gasteiger partial charge in [0, 0.05) is 5.69 Å². The van der Waals surface area contributed by atoms with Crippen LogP contribution in [0.2, 0.25) is 0 Å². The molecular formula is C26H21FN4O3. The molecule has 0 unspecified atom stereocenters. The monoisotopic (exact) mass is 456 g/mol. The lowest BCUT2D eigenvalue weighted by Crippen LogP contribution is -2.22. The summed E-state index contributed by atoms with van der Waals surface area (Å²) in [4.78, 5) is 29.3. The molecule has 170 valence electrons. The van der Waals surface area contributed by atoms with Gasteiger partial charge in [-0.15, -0.1) is 0 Å². The predicted octanol–water partition coefficient (Wildman–Crippen LogP) is 5.23. The van der Waals surface area contributed by atoms with E-state index in [-0.39, 0.29) is 23.6 Å². The molecule has 8 heteroatoms. The SMILES string of the molecule is O=C(COc1ccccc1C(=O)Nc1ccc(Nc2ccccc2)nc1)Nc1ccccc1F. The summed E-state index contributed by atoms with van der Waals surface area (Å²) in [5.74, 6) is -0.663. The third-order valence-electron chi connectivity index (χ3n) is 4.71. The number of benzene rings is 3. The zero-order chi connectivity index (χ0) is 23.8. The molecule has 0 aliphatic heterocycles. The van der Waals surface area contributed by atoms with E-state index in [1.54, 1.807) is 42.5 Å². The molecule has 0 saturated heterocycles. The molecular weight excluding hydrogens is 435 g/mol. The zero-order valence-corrected chi connectivity index (χ0v) is 18.0. The first-order valence-electron chi connectivity index (χ1n) is 10.4. The van der Waals surface area contributed by atoms with E-state index in [0.717, 1.165) is 5.69 Å². The van der Waals surface area contributed by atoms with Crippen LogP contribution in [0.1, 0.15) is 10.4 Å². The Balaban J connectivity index is 1.36. The standard InChI is InChI=1S/C26H21FN4O3/c27-21-11-5-6-12-22(21)31-25(32)17-34-23-13-7-4-10-20(23)26(33)30-19-14-15-24(28-16-19)29-18-8-2-1-3-9-18/h1-16H,17H2,(H,28,29)(H,30,33)(H,31,32). The Bertz CT molecular complexity index is 1280. The van der Waals surface area contributed by atoms with E-state index < -0.39 is 17.6 Å². The Morgan fingerprint density at radius 3 is 2.29 bits per heavy atom. The van der Waals surface area contributed by atoms with Gasteiger partial charge in [-0.3, -0.25) is 9.59 Å². The fourth-order valence-corrected chi connectivity index (χ4v) is 3.08. The summed E-state index contributed by atoms with van der Waals surface area (Å²) in [7, 11) is 0. The van der Waals surface area contributed by atoms with Gasteiger partial charge in [0.1, 0.15) is 17.4 Å². The maximum absolute atomic E-state index is 13.7. The number of nitrogens with one attached hydrogen (secondary N) is 3. The number of hydrogen-bond acceptors (Lipinski definition) is 5. The van der Waals surface area contributed by atoms with Gasteiger partial charge < -0.3 is 20.7 Å². The summed E-state index contributed by atoms with van der Waals surface area (Å²) in [6.45, 7) is -0.389. The van der Waals surface area contributed by atoms with E-state index in [1.807, 2.05) is 30.3 Å². The quantitative estimate of drug-likeness (QED) is 0.338. The summed E-state index contributed by atoms with van der Waals surface area (Å²) in [5, 5.41) is 8.37. The molecule has 0 aliphatic carbocycles. The highest BCUT2D eigenvalue weighted by atomic mass is 19.1. The van der Waals surface area contributed by atoms with Crippen LogP contribution in [0.5, 0.6) is 5.75 Å². The topological polar surface area (TPSA) is 92.4 Å². The van der Waals surface area contributed by atoms with Crippen molar-refractivity contribution in [2.24, 2.45) is 0 Å². The first-order valence-corrected chi connectivity index (χ1v) is 10.4. The van der Waals surface area contributed by atoms with Crippen molar-refractivity contribution in [1.82, 2.24) is 4.98 Å². The molecule has 7 nitrogen and oxygen atoms in total. The van der Waals surface area contributed by atoms with Crippen molar-refractivity contribution in [2.45, 2.75) is 0 Å². The molecule has 0 aliphatic rings. The van der Waals surface area contributed by atoms with Gasteiger partial charge in [-0.1, -0.05) is 42.5 Å². The molecule has 2 amide bonds. The number of ether oxygens (including phenoxy) is 1. The van der Waals surface area contributed by atoms with Crippen LogP contribution in [0.25, 0.3) is 0 Å². The van der Waals surface area contributed by atoms with Gasteiger partial charge in [-0.2, -0.15) is 0 Å². The molecule has 4 rings (SSSR count). The normalized spacial score (nSPS) is 10.3. The highest BCUT2D eigenvalue weighted by Gasteiger charge is 2.14. The van der Waals surface area contributed by atoms with Crippen molar-refractivity contribution in [3.8, 4) is 5.75 Å². The first-order chi connectivity index (χ1) is 16.6. The number of para-hydroxylation sites is 3. The van der Waals surface area contributed by atoms with Crippen LogP contribution < -0.4 is 20.7 Å². The van der Waals surface area contributed by atoms with Crippen LogP contribution in [0.15, 0.2) is 97.2 Å². The van der Waals surface area contributed by atoms with E-state index in [0.29, 0.717) is 11.5 Å². The number of carbonyl (C=O) groups is 2. The second-order valence-electron chi connectivity index (χ2n) is 7.19. The largest absolute Gasteiger partial charge is 0.483 e. The van der Waals surface area contributed by atoms with Crippen LogP contribution in [-0.4, -0.2) is 23.4 Å². The number of nitrogens with zero attached hydrogens (tertiary/aromatic N) is 1. The third-order valence-corrected chi connectivity index (χ3v) is 4.71. The van der Waals surface area contributed by atoms with E-state index in [9.17, 15) is 14.0 Å². The molecule has 0 spiro atoms. The molecule has 0 saturated carbocycles. The lowest BCUT2D eigenvalue weighted by molar-refractivity contribution is -0.118. The Morgan fingerprint density at radius 1 is 0.794 bits per heavy atom. The number of anilines is 4. The van der Waals surface area contributed by atoms with Crippen LogP contribution >= 0.6 is 0 Å². The minimum Gasteiger partial charge on any atom is -0.483 e. The molecule has 3 N–H and O–H groups in total. The van der Waals surface area contributed by atoms with E-state index in [4.69, 9.17) is 4.74 Å². The van der Waals surface area contributed by atoms with Gasteiger partial charge in [0.05, 0.1) is 23.1 Å². The van der Waals surface area contributed by atoms with Gasteiger partial charge in [0.2, 0.25) is 0 Å². The molecule has 0 fully saturated rings. The molecule has 34 heavy (non-hydrogen) atoms. The summed E-state index contributed by atoms with van der Waals surface area (Å²) >= 11 is 0. The number of rotatable bonds is 8. The fourth-order valence-electron chi connectivity index (χ4n) is 3.08. The Kier molecular flexibility index (Phi) is 7.09. The van der Waals surface area contributed by atoms with Crippen LogP contribution in [0, 0.1) is 5.82 Å². The van der Waals surface area contributed by atoms with Crippen molar-refractivity contribution in [3.63, 3.8) is 0 Å². The minimum absolute atomic E-state index is 0.0554. The number of halogens is 1. The van der Waals surface area contributed by atoms with Crippen molar-refractivity contribution in [2.75, 3.05) is 22.6 Å². The molecule has 3 aromatic carbocycles. The Hall–Kier alpha value is -4.72. The van der Waals surface area contributed by atoms with E-state index in [1.165, 1.54) is 24.4 Å². The number of hydrogen-bond donors (Lipinski definition) is 3. The average Bonchev–Trinajstić information content (AvgIpc) is 2.86. The molecule has 1 aromatic heterocycles. The third kappa shape index (κ3) is 5.95. The van der Waals surface area contributed by atoms with Crippen LogP contribution in [-0.2, 0) is 4.79 Å². The fraction of sp³-hybridized carbons (Fsp3) is 0.0385. The maximum atomic E-state index is 13.7. The number of amides is 2. The zero-order valence-electron chi connectivity index (χ0n) is 18.0. The summed E-state index contributed by atoms with van der Waals surface area (Å²) in [6, 6.07) is 25.4. The van der Waals surface area contributed by atoms with Crippen molar-refractivity contribution >= 4 is 34.7 Å². The number of pyridine rings is 1. The maximum Gasteiger partial charge on any atom is 0.262 e. The molecule has 1 heterocycles. The molecule has 4 aromatic rings. The molecule has 0 bridgehead atoms. The van der Waals surface area contributed by atoms with Gasteiger partial charge in [-0.05, 0) is 48.5 Å². The summed E-state index contributed by atoms with van der Waals surface area (Å²) < 4.78 is 19.2. The van der Waals surface area contributed by atoms with Gasteiger partial charge in [0.15, 0.2) is 6.61 Å². The predicted molar refractivity (Wildman–Crippen MR) is 129 cm³/mol. The number of carbonyl (C=O) groups excluding carboxylic acids is 2. The van der Waals surface area contributed by atoms with E-state index in [2.05, 4.69) is 20.9 Å². The van der Waals surface area contributed by atoms with Crippen molar-refractivity contribution < 1.29 is 18.7 Å². The minimum atomic E-state index is -0.550. The lowest BCUT2D eigenvalue weighted by Gasteiger charge is -2.12. The van der Waals surface area contributed by atoms with Crippen LogP contribution in [0.4, 0.5) is 27.3 Å². The Labute approximate surface area is 195 Å². The second kappa shape index (κ2) is 10.7. The molecule has 0 atom stereocenters. The average molecular weight is 456 g/mol.